The van der Waals surface area contributed by atoms with Crippen LogP contribution in [-0.4, -0.2) is 30.9 Å². The van der Waals surface area contributed by atoms with Gasteiger partial charge in [0.05, 0.1) is 10.4 Å². The molecule has 0 saturated heterocycles. The van der Waals surface area contributed by atoms with Crippen molar-refractivity contribution in [1.29, 1.82) is 0 Å². The third-order valence-corrected chi connectivity index (χ3v) is 2.54. The molecule has 0 spiro atoms. The van der Waals surface area contributed by atoms with Crippen LogP contribution in [0, 0.1) is 10.1 Å². The fourth-order valence-electron chi connectivity index (χ4n) is 1.77. The summed E-state index contributed by atoms with van der Waals surface area (Å²) in [7, 11) is 0. The van der Waals surface area contributed by atoms with Crippen LogP contribution in [0.3, 0.4) is 0 Å². The summed E-state index contributed by atoms with van der Waals surface area (Å²) in [5.74, 6) is -1.12. The Morgan fingerprint density at radius 3 is 2.79 bits per heavy atom. The van der Waals surface area contributed by atoms with Crippen molar-refractivity contribution in [3.8, 4) is 0 Å². The number of hydrogen-bond donors (Lipinski definition) is 3. The van der Waals surface area contributed by atoms with E-state index in [1.165, 1.54) is 18.2 Å². The minimum Gasteiger partial charge on any atom is -0.480 e. The molecule has 1 aromatic heterocycles. The number of nitro groups is 1. The van der Waals surface area contributed by atoms with E-state index < -0.39 is 23.7 Å². The van der Waals surface area contributed by atoms with Crippen molar-refractivity contribution in [2.24, 2.45) is 5.73 Å². The Labute approximate surface area is 106 Å². The monoisotopic (exact) mass is 266 g/mol. The van der Waals surface area contributed by atoms with Gasteiger partial charge in [-0.3, -0.25) is 19.6 Å². The van der Waals surface area contributed by atoms with E-state index in [1.807, 2.05) is 0 Å². The molecule has 0 aliphatic rings. The second-order valence-corrected chi connectivity index (χ2v) is 3.84. The van der Waals surface area contributed by atoms with Crippen molar-refractivity contribution in [2.45, 2.75) is 12.8 Å². The Morgan fingerprint density at radius 2 is 2.26 bits per heavy atom. The molecule has 19 heavy (non-hydrogen) atoms. The molecule has 9 nitrogen and oxygen atoms in total. The highest BCUT2D eigenvalue weighted by molar-refractivity contribution is 5.85. The van der Waals surface area contributed by atoms with Gasteiger partial charge >= 0.3 is 5.97 Å². The number of aliphatic hydroxyl groups is 1. The van der Waals surface area contributed by atoms with Gasteiger partial charge in [0.2, 0.25) is 0 Å². The lowest BCUT2D eigenvalue weighted by Gasteiger charge is -1.99. The van der Waals surface area contributed by atoms with Crippen LogP contribution >= 0.6 is 0 Å². The van der Waals surface area contributed by atoms with Crippen LogP contribution in [0.1, 0.15) is 11.9 Å². The summed E-state index contributed by atoms with van der Waals surface area (Å²) in [4.78, 5) is 20.8. The van der Waals surface area contributed by atoms with Gasteiger partial charge < -0.3 is 15.9 Å². The van der Waals surface area contributed by atoms with Crippen LogP contribution in [0.5, 0.6) is 0 Å². The number of non-ortho nitro benzene ring substituents is 1. The minimum atomic E-state index is -1.44. The standard InChI is InChI=1S/C10H10N4O5/c11-10(17)9-6-3-5(14(18)19)1-2-7(6)13(12-9)4-8(15)16/h1-3,10,17H,4,11H2,(H,15,16). The van der Waals surface area contributed by atoms with Gasteiger partial charge in [0.15, 0.2) is 0 Å². The molecular formula is C10H10N4O5. The lowest BCUT2D eigenvalue weighted by molar-refractivity contribution is -0.384. The van der Waals surface area contributed by atoms with Crippen LogP contribution in [0.25, 0.3) is 10.9 Å². The SMILES string of the molecule is NC(O)c1nn(CC(=O)O)c2ccc([N+](=O)[O-])cc12. The summed E-state index contributed by atoms with van der Waals surface area (Å²) >= 11 is 0. The number of hydrogen-bond acceptors (Lipinski definition) is 6. The van der Waals surface area contributed by atoms with Crippen molar-refractivity contribution < 1.29 is 19.9 Å². The Kier molecular flexibility index (Phi) is 3.15. The molecule has 1 unspecified atom stereocenters. The van der Waals surface area contributed by atoms with Gasteiger partial charge in [-0.05, 0) is 6.07 Å². The first kappa shape index (κ1) is 12.9. The van der Waals surface area contributed by atoms with Crippen LogP contribution in [0.2, 0.25) is 0 Å². The van der Waals surface area contributed by atoms with E-state index in [-0.39, 0.29) is 16.8 Å². The molecule has 100 valence electrons. The van der Waals surface area contributed by atoms with Gasteiger partial charge in [0.25, 0.3) is 5.69 Å². The first-order chi connectivity index (χ1) is 8.90. The Hall–Kier alpha value is -2.52. The first-order valence-corrected chi connectivity index (χ1v) is 5.20. The molecule has 2 aromatic rings. The first-order valence-electron chi connectivity index (χ1n) is 5.20. The van der Waals surface area contributed by atoms with Crippen molar-refractivity contribution in [2.75, 3.05) is 0 Å². The van der Waals surface area contributed by atoms with E-state index in [1.54, 1.807) is 0 Å². The van der Waals surface area contributed by atoms with E-state index in [2.05, 4.69) is 5.10 Å². The molecule has 2 rings (SSSR count). The fraction of sp³-hybridized carbons (Fsp3) is 0.200. The smallest absolute Gasteiger partial charge is 0.325 e. The number of aliphatic carboxylic acids is 1. The number of aromatic nitrogens is 2. The molecule has 0 bridgehead atoms. The molecule has 0 saturated carbocycles. The topological polar surface area (TPSA) is 145 Å². The molecule has 0 aliphatic carbocycles. The van der Waals surface area contributed by atoms with Crippen molar-refractivity contribution in [3.63, 3.8) is 0 Å². The summed E-state index contributed by atoms with van der Waals surface area (Å²) in [6, 6.07) is 3.80. The number of nitrogens with two attached hydrogens (primary N) is 1. The molecule has 9 heteroatoms. The van der Waals surface area contributed by atoms with E-state index in [4.69, 9.17) is 10.8 Å². The quantitative estimate of drug-likeness (QED) is 0.400. The maximum absolute atomic E-state index is 10.7. The summed E-state index contributed by atoms with van der Waals surface area (Å²) in [6.07, 6.45) is -1.44. The zero-order valence-corrected chi connectivity index (χ0v) is 9.55. The Balaban J connectivity index is 2.67. The van der Waals surface area contributed by atoms with Crippen molar-refractivity contribution in [1.82, 2.24) is 9.78 Å². The summed E-state index contributed by atoms with van der Waals surface area (Å²) < 4.78 is 1.12. The number of nitrogens with zero attached hydrogens (tertiary/aromatic N) is 3. The van der Waals surface area contributed by atoms with E-state index >= 15 is 0 Å². The predicted molar refractivity (Wildman–Crippen MR) is 63.2 cm³/mol. The largest absolute Gasteiger partial charge is 0.480 e. The Bertz CT molecular complexity index is 663. The maximum Gasteiger partial charge on any atom is 0.325 e. The summed E-state index contributed by atoms with van der Waals surface area (Å²) in [5.41, 5.74) is 5.48. The number of nitro benzene ring substituents is 1. The average Bonchev–Trinajstić information content (AvgIpc) is 2.66. The van der Waals surface area contributed by atoms with E-state index in [0.717, 1.165) is 4.68 Å². The number of carbonyl (C=O) groups is 1. The molecular weight excluding hydrogens is 256 g/mol. The zero-order valence-electron chi connectivity index (χ0n) is 9.55. The van der Waals surface area contributed by atoms with E-state index in [9.17, 15) is 20.0 Å². The molecule has 1 heterocycles. The second kappa shape index (κ2) is 4.63. The molecule has 0 amide bonds. The third-order valence-electron chi connectivity index (χ3n) is 2.54. The van der Waals surface area contributed by atoms with Crippen LogP contribution in [0.15, 0.2) is 18.2 Å². The number of carboxylic acid groups (broad SMARTS) is 1. The lowest BCUT2D eigenvalue weighted by atomic mass is 10.2. The van der Waals surface area contributed by atoms with Crippen LogP contribution < -0.4 is 5.73 Å². The minimum absolute atomic E-state index is 0.0000463. The van der Waals surface area contributed by atoms with Gasteiger partial charge in [-0.1, -0.05) is 0 Å². The number of rotatable bonds is 4. The van der Waals surface area contributed by atoms with Gasteiger partial charge in [0.1, 0.15) is 18.5 Å². The number of aliphatic hydroxyl groups excluding tert-OH is 1. The van der Waals surface area contributed by atoms with Gasteiger partial charge in [-0.2, -0.15) is 5.10 Å². The highest BCUT2D eigenvalue weighted by Gasteiger charge is 2.19. The highest BCUT2D eigenvalue weighted by Crippen LogP contribution is 2.26. The second-order valence-electron chi connectivity index (χ2n) is 3.84. The van der Waals surface area contributed by atoms with Crippen molar-refractivity contribution >= 4 is 22.6 Å². The molecule has 0 radical (unpaired) electrons. The van der Waals surface area contributed by atoms with Gasteiger partial charge in [-0.15, -0.1) is 0 Å². The predicted octanol–water partition coefficient (Wildman–Crippen LogP) is -0.0213. The van der Waals surface area contributed by atoms with Crippen molar-refractivity contribution in [3.05, 3.63) is 34.0 Å². The molecule has 1 aromatic carbocycles. The summed E-state index contributed by atoms with van der Waals surface area (Å²) in [5, 5.41) is 33.0. The third kappa shape index (κ3) is 2.37. The normalized spacial score (nSPS) is 12.5. The number of benzene rings is 1. The summed E-state index contributed by atoms with van der Waals surface area (Å²) in [6.45, 7) is -0.430. The zero-order chi connectivity index (χ0) is 14.2. The van der Waals surface area contributed by atoms with E-state index in [0.29, 0.717) is 5.52 Å². The van der Waals surface area contributed by atoms with Crippen LogP contribution in [-0.2, 0) is 11.3 Å². The maximum atomic E-state index is 10.7. The van der Waals surface area contributed by atoms with Crippen LogP contribution in [0.4, 0.5) is 5.69 Å². The molecule has 0 aliphatic heterocycles. The molecule has 1 atom stereocenters. The number of fused-ring (bicyclic) bond motifs is 1. The fourth-order valence-corrected chi connectivity index (χ4v) is 1.77. The average molecular weight is 266 g/mol. The molecule has 4 N–H and O–H groups in total. The lowest BCUT2D eigenvalue weighted by Crippen LogP contribution is -2.13. The van der Waals surface area contributed by atoms with Gasteiger partial charge in [0, 0.05) is 17.5 Å². The van der Waals surface area contributed by atoms with Gasteiger partial charge in [-0.25, -0.2) is 0 Å². The highest BCUT2D eigenvalue weighted by atomic mass is 16.6. The molecule has 0 fully saturated rings. The Morgan fingerprint density at radius 1 is 1.58 bits per heavy atom. The number of carboxylic acids is 1.